The molecule has 19 heavy (non-hydrogen) atoms. The fourth-order valence-electron chi connectivity index (χ4n) is 1.94. The average molecular weight is 365 g/mol. The first kappa shape index (κ1) is 14.1. The van der Waals surface area contributed by atoms with E-state index in [0.717, 1.165) is 14.8 Å². The van der Waals surface area contributed by atoms with Gasteiger partial charge in [0.05, 0.1) is 0 Å². The number of carbonyl (C=O) groups is 1. The van der Waals surface area contributed by atoms with Crippen molar-refractivity contribution in [1.29, 1.82) is 0 Å². The van der Waals surface area contributed by atoms with Crippen LogP contribution in [-0.2, 0) is 0 Å². The molecule has 1 N–H and O–H groups in total. The van der Waals surface area contributed by atoms with E-state index in [0.29, 0.717) is 11.5 Å². The molecule has 0 atom stereocenters. The largest absolute Gasteiger partial charge is 0.322 e. The second-order valence-corrected chi connectivity index (χ2v) is 5.95. The van der Waals surface area contributed by atoms with Crippen molar-refractivity contribution in [3.05, 3.63) is 63.2 Å². The zero-order valence-corrected chi connectivity index (χ0v) is 13.1. The molecule has 0 saturated heterocycles. The van der Waals surface area contributed by atoms with E-state index in [1.54, 1.807) is 0 Å². The Kier molecular flexibility index (Phi) is 4.58. The number of halogens is 1. The maximum Gasteiger partial charge on any atom is 0.255 e. The minimum Gasteiger partial charge on any atom is -0.322 e. The molecule has 0 unspecified atom stereocenters. The molecule has 0 heterocycles. The SMILES string of the molecule is CC(C)c1ccccc1NC(=O)c1cccc(I)c1. The molecule has 98 valence electrons. The predicted molar refractivity (Wildman–Crippen MR) is 87.6 cm³/mol. The molecular weight excluding hydrogens is 349 g/mol. The van der Waals surface area contributed by atoms with Crippen molar-refractivity contribution >= 4 is 34.2 Å². The van der Waals surface area contributed by atoms with Crippen molar-refractivity contribution in [3.8, 4) is 0 Å². The minimum atomic E-state index is -0.0633. The highest BCUT2D eigenvalue weighted by Gasteiger charge is 2.10. The van der Waals surface area contributed by atoms with Crippen LogP contribution in [0.4, 0.5) is 5.69 Å². The summed E-state index contributed by atoms with van der Waals surface area (Å²) in [6.45, 7) is 4.24. The number of hydrogen-bond acceptors (Lipinski definition) is 1. The highest BCUT2D eigenvalue weighted by atomic mass is 127. The summed E-state index contributed by atoms with van der Waals surface area (Å²) in [4.78, 5) is 12.2. The summed E-state index contributed by atoms with van der Waals surface area (Å²) in [5.74, 6) is 0.319. The van der Waals surface area contributed by atoms with Crippen LogP contribution in [0, 0.1) is 3.57 Å². The molecule has 0 aliphatic carbocycles. The maximum absolute atomic E-state index is 12.2. The van der Waals surface area contributed by atoms with Crippen molar-refractivity contribution < 1.29 is 4.79 Å². The van der Waals surface area contributed by atoms with Gasteiger partial charge in [-0.1, -0.05) is 38.1 Å². The number of carbonyl (C=O) groups excluding carboxylic acids is 1. The Labute approximate surface area is 127 Å². The van der Waals surface area contributed by atoms with Gasteiger partial charge in [-0.05, 0) is 58.3 Å². The van der Waals surface area contributed by atoms with Crippen LogP contribution in [0.25, 0.3) is 0 Å². The van der Waals surface area contributed by atoms with Crippen molar-refractivity contribution in [1.82, 2.24) is 0 Å². The topological polar surface area (TPSA) is 29.1 Å². The van der Waals surface area contributed by atoms with Gasteiger partial charge in [-0.15, -0.1) is 0 Å². The van der Waals surface area contributed by atoms with E-state index in [-0.39, 0.29) is 5.91 Å². The van der Waals surface area contributed by atoms with Gasteiger partial charge in [0.1, 0.15) is 0 Å². The van der Waals surface area contributed by atoms with Crippen LogP contribution in [0.2, 0.25) is 0 Å². The van der Waals surface area contributed by atoms with Crippen molar-refractivity contribution in [3.63, 3.8) is 0 Å². The summed E-state index contributed by atoms with van der Waals surface area (Å²) in [5.41, 5.74) is 2.73. The summed E-state index contributed by atoms with van der Waals surface area (Å²) < 4.78 is 1.06. The molecule has 1 amide bonds. The molecule has 2 rings (SSSR count). The highest BCUT2D eigenvalue weighted by molar-refractivity contribution is 14.1. The van der Waals surface area contributed by atoms with Crippen molar-refractivity contribution in [2.45, 2.75) is 19.8 Å². The smallest absolute Gasteiger partial charge is 0.255 e. The third-order valence-corrected chi connectivity index (χ3v) is 3.59. The normalized spacial score (nSPS) is 10.5. The van der Waals surface area contributed by atoms with Crippen LogP contribution in [-0.4, -0.2) is 5.91 Å². The number of anilines is 1. The van der Waals surface area contributed by atoms with Gasteiger partial charge in [0.25, 0.3) is 5.91 Å². The van der Waals surface area contributed by atoms with E-state index in [2.05, 4.69) is 47.8 Å². The first-order valence-corrected chi connectivity index (χ1v) is 7.31. The van der Waals surface area contributed by atoms with Crippen LogP contribution in [0.1, 0.15) is 35.7 Å². The van der Waals surface area contributed by atoms with Crippen LogP contribution in [0.15, 0.2) is 48.5 Å². The molecule has 2 aromatic rings. The lowest BCUT2D eigenvalue weighted by atomic mass is 10.0. The first-order chi connectivity index (χ1) is 9.08. The van der Waals surface area contributed by atoms with Gasteiger partial charge in [0.2, 0.25) is 0 Å². The number of rotatable bonds is 3. The van der Waals surface area contributed by atoms with Gasteiger partial charge in [0.15, 0.2) is 0 Å². The fraction of sp³-hybridized carbons (Fsp3) is 0.188. The lowest BCUT2D eigenvalue weighted by Crippen LogP contribution is -2.13. The molecule has 0 fully saturated rings. The zero-order chi connectivity index (χ0) is 13.8. The molecule has 2 aromatic carbocycles. The molecule has 2 nitrogen and oxygen atoms in total. The molecule has 0 radical (unpaired) electrons. The van der Waals surface area contributed by atoms with E-state index in [1.807, 2.05) is 42.5 Å². The molecule has 0 saturated carbocycles. The van der Waals surface area contributed by atoms with Gasteiger partial charge in [-0.3, -0.25) is 4.79 Å². The van der Waals surface area contributed by atoms with Crippen LogP contribution >= 0.6 is 22.6 Å². The third-order valence-electron chi connectivity index (χ3n) is 2.92. The Bertz CT molecular complexity index is 593. The summed E-state index contributed by atoms with van der Waals surface area (Å²) in [7, 11) is 0. The monoisotopic (exact) mass is 365 g/mol. The van der Waals surface area contributed by atoms with Crippen LogP contribution in [0.5, 0.6) is 0 Å². The quantitative estimate of drug-likeness (QED) is 0.788. The molecule has 0 spiro atoms. The molecule has 0 aliphatic heterocycles. The van der Waals surface area contributed by atoms with Crippen molar-refractivity contribution in [2.24, 2.45) is 0 Å². The predicted octanol–water partition coefficient (Wildman–Crippen LogP) is 4.67. The molecular formula is C16H16INO. The third kappa shape index (κ3) is 3.56. The number of nitrogens with one attached hydrogen (secondary N) is 1. The Hall–Kier alpha value is -1.36. The lowest BCUT2D eigenvalue weighted by Gasteiger charge is -2.13. The fourth-order valence-corrected chi connectivity index (χ4v) is 2.48. The van der Waals surface area contributed by atoms with E-state index >= 15 is 0 Å². The number of para-hydroxylation sites is 1. The Morgan fingerprint density at radius 1 is 1.11 bits per heavy atom. The molecule has 0 aliphatic rings. The second kappa shape index (κ2) is 6.19. The average Bonchev–Trinajstić information content (AvgIpc) is 2.39. The summed E-state index contributed by atoms with van der Waals surface area (Å²) in [6, 6.07) is 15.5. The first-order valence-electron chi connectivity index (χ1n) is 6.24. The van der Waals surface area contributed by atoms with Gasteiger partial charge in [-0.2, -0.15) is 0 Å². The molecule has 3 heteroatoms. The maximum atomic E-state index is 12.2. The van der Waals surface area contributed by atoms with Crippen molar-refractivity contribution in [2.75, 3.05) is 5.32 Å². The van der Waals surface area contributed by atoms with Gasteiger partial charge in [0, 0.05) is 14.8 Å². The van der Waals surface area contributed by atoms with E-state index in [1.165, 1.54) is 0 Å². The standard InChI is InChI=1S/C16H16INO/c1-11(2)14-8-3-4-9-15(14)18-16(19)12-6-5-7-13(17)10-12/h3-11H,1-2H3,(H,18,19). The second-order valence-electron chi connectivity index (χ2n) is 4.71. The van der Waals surface area contributed by atoms with Crippen LogP contribution < -0.4 is 5.32 Å². The Balaban J connectivity index is 2.24. The zero-order valence-electron chi connectivity index (χ0n) is 11.0. The minimum absolute atomic E-state index is 0.0633. The number of benzene rings is 2. The van der Waals surface area contributed by atoms with Gasteiger partial charge >= 0.3 is 0 Å². The van der Waals surface area contributed by atoms with Gasteiger partial charge in [-0.25, -0.2) is 0 Å². The number of hydrogen-bond donors (Lipinski definition) is 1. The summed E-state index contributed by atoms with van der Waals surface area (Å²) >= 11 is 2.21. The van der Waals surface area contributed by atoms with Gasteiger partial charge < -0.3 is 5.32 Å². The number of amides is 1. The summed E-state index contributed by atoms with van der Waals surface area (Å²) in [6.07, 6.45) is 0. The highest BCUT2D eigenvalue weighted by Crippen LogP contribution is 2.24. The van der Waals surface area contributed by atoms with E-state index < -0.39 is 0 Å². The molecule has 0 bridgehead atoms. The Morgan fingerprint density at radius 2 is 1.84 bits per heavy atom. The summed E-state index contributed by atoms with van der Waals surface area (Å²) in [5, 5.41) is 2.99. The molecule has 0 aromatic heterocycles. The van der Waals surface area contributed by atoms with Crippen LogP contribution in [0.3, 0.4) is 0 Å². The van der Waals surface area contributed by atoms with E-state index in [9.17, 15) is 4.79 Å². The Morgan fingerprint density at radius 3 is 2.53 bits per heavy atom. The van der Waals surface area contributed by atoms with E-state index in [4.69, 9.17) is 0 Å². The lowest BCUT2D eigenvalue weighted by molar-refractivity contribution is 0.102.